The summed E-state index contributed by atoms with van der Waals surface area (Å²) in [5.41, 5.74) is 0.970. The second-order valence-electron chi connectivity index (χ2n) is 7.45. The highest BCUT2D eigenvalue weighted by Gasteiger charge is 2.36. The summed E-state index contributed by atoms with van der Waals surface area (Å²) < 4.78 is 10.1. The maximum absolute atomic E-state index is 12.1. The first kappa shape index (κ1) is 25.0. The molecular weight excluding hydrogens is 378 g/mol. The molecule has 0 aromatic heterocycles. The number of aliphatic hydroxyl groups is 4. The number of hydrogen-bond acceptors (Lipinski definition) is 8. The van der Waals surface area contributed by atoms with E-state index in [0.717, 1.165) is 5.70 Å². The molecule has 0 spiro atoms. The van der Waals surface area contributed by atoms with Crippen LogP contribution in [-0.4, -0.2) is 59.4 Å². The fourth-order valence-electron chi connectivity index (χ4n) is 3.29. The van der Waals surface area contributed by atoms with Gasteiger partial charge in [0.15, 0.2) is 11.5 Å². The Morgan fingerprint density at radius 3 is 2.48 bits per heavy atom. The van der Waals surface area contributed by atoms with Gasteiger partial charge in [-0.1, -0.05) is 6.08 Å². The Hall–Kier alpha value is -2.03. The Kier molecular flexibility index (Phi) is 10.2. The van der Waals surface area contributed by atoms with Crippen molar-refractivity contribution in [2.75, 3.05) is 21.3 Å². The van der Waals surface area contributed by atoms with Gasteiger partial charge in [-0.15, -0.1) is 0 Å². The Labute approximate surface area is 172 Å². The molecule has 1 aliphatic carbocycles. The van der Waals surface area contributed by atoms with E-state index >= 15 is 0 Å². The SMILES string of the molecule is CN/C(=C\CC/C(O)=C/CC1CC(=O)C(OC)=C(OC)C1O)CCCC(C)(O)O. The summed E-state index contributed by atoms with van der Waals surface area (Å²) in [6.07, 6.45) is 5.72. The van der Waals surface area contributed by atoms with Crippen molar-refractivity contribution in [1.82, 2.24) is 5.32 Å². The first-order valence-electron chi connectivity index (χ1n) is 9.85. The normalized spacial score (nSPS) is 21.4. The molecule has 5 N–H and O–H groups in total. The lowest BCUT2D eigenvalue weighted by Gasteiger charge is -2.28. The zero-order valence-corrected chi connectivity index (χ0v) is 17.8. The quantitative estimate of drug-likeness (QED) is 0.243. The van der Waals surface area contributed by atoms with E-state index in [4.69, 9.17) is 9.47 Å². The summed E-state index contributed by atoms with van der Waals surface area (Å²) in [6, 6.07) is 0. The number of carbonyl (C=O) groups excluding carboxylic acids is 1. The third-order valence-electron chi connectivity index (χ3n) is 4.93. The van der Waals surface area contributed by atoms with Gasteiger partial charge in [-0.3, -0.25) is 4.79 Å². The molecule has 0 aromatic rings. The molecule has 0 bridgehead atoms. The summed E-state index contributed by atoms with van der Waals surface area (Å²) in [4.78, 5) is 12.1. The third-order valence-corrected chi connectivity index (χ3v) is 4.93. The molecule has 0 radical (unpaired) electrons. The Bertz CT molecular complexity index is 631. The fourth-order valence-corrected chi connectivity index (χ4v) is 3.29. The minimum absolute atomic E-state index is 0.0527. The van der Waals surface area contributed by atoms with Gasteiger partial charge in [-0.05, 0) is 38.7 Å². The van der Waals surface area contributed by atoms with Crippen molar-refractivity contribution in [2.45, 2.75) is 63.8 Å². The van der Waals surface area contributed by atoms with Crippen LogP contribution in [-0.2, 0) is 14.3 Å². The molecule has 2 unspecified atom stereocenters. The number of hydrogen-bond donors (Lipinski definition) is 5. The zero-order valence-electron chi connectivity index (χ0n) is 17.8. The van der Waals surface area contributed by atoms with E-state index in [2.05, 4.69) is 5.32 Å². The fraction of sp³-hybridized carbons (Fsp3) is 0.667. The molecule has 8 nitrogen and oxygen atoms in total. The highest BCUT2D eigenvalue weighted by Crippen LogP contribution is 2.31. The van der Waals surface area contributed by atoms with Crippen molar-refractivity contribution in [3.05, 3.63) is 35.1 Å². The van der Waals surface area contributed by atoms with Gasteiger partial charge in [-0.2, -0.15) is 0 Å². The van der Waals surface area contributed by atoms with Gasteiger partial charge in [-0.25, -0.2) is 0 Å². The topological polar surface area (TPSA) is 128 Å². The van der Waals surface area contributed by atoms with Crippen molar-refractivity contribution < 1.29 is 34.7 Å². The molecule has 1 aliphatic rings. The molecular formula is C21H35NO7. The van der Waals surface area contributed by atoms with Gasteiger partial charge < -0.3 is 35.2 Å². The molecule has 29 heavy (non-hydrogen) atoms. The summed E-state index contributed by atoms with van der Waals surface area (Å²) in [7, 11) is 4.55. The van der Waals surface area contributed by atoms with Gasteiger partial charge in [0, 0.05) is 37.9 Å². The van der Waals surface area contributed by atoms with Gasteiger partial charge in [0.1, 0.15) is 6.10 Å². The number of carbonyl (C=O) groups is 1. The molecule has 0 saturated carbocycles. The second kappa shape index (κ2) is 11.8. The number of nitrogens with one attached hydrogen (secondary N) is 1. The van der Waals surface area contributed by atoms with Crippen LogP contribution >= 0.6 is 0 Å². The molecule has 2 atom stereocenters. The first-order valence-corrected chi connectivity index (χ1v) is 9.85. The average Bonchev–Trinajstić information content (AvgIpc) is 2.65. The van der Waals surface area contributed by atoms with Crippen LogP contribution in [0.5, 0.6) is 0 Å². The lowest BCUT2D eigenvalue weighted by molar-refractivity contribution is -0.149. The number of ether oxygens (including phenoxy) is 2. The average molecular weight is 414 g/mol. The first-order chi connectivity index (χ1) is 13.6. The van der Waals surface area contributed by atoms with E-state index in [-0.39, 0.29) is 41.8 Å². The maximum atomic E-state index is 12.1. The van der Waals surface area contributed by atoms with Gasteiger partial charge in [0.2, 0.25) is 11.5 Å². The highest BCUT2D eigenvalue weighted by atomic mass is 16.5. The smallest absolute Gasteiger partial charge is 0.202 e. The van der Waals surface area contributed by atoms with Crippen LogP contribution < -0.4 is 5.32 Å². The Balaban J connectivity index is 2.55. The monoisotopic (exact) mass is 413 g/mol. The van der Waals surface area contributed by atoms with Crippen molar-refractivity contribution in [3.8, 4) is 0 Å². The molecule has 0 heterocycles. The van der Waals surface area contributed by atoms with E-state index in [1.807, 2.05) is 6.08 Å². The lowest BCUT2D eigenvalue weighted by atomic mass is 9.85. The van der Waals surface area contributed by atoms with Crippen LogP contribution in [0.15, 0.2) is 35.1 Å². The molecule has 0 amide bonds. The number of methoxy groups -OCH3 is 2. The van der Waals surface area contributed by atoms with Crippen LogP contribution in [0.25, 0.3) is 0 Å². The number of Topliss-reactive ketones (excluding diaryl/α,β-unsaturated/α-hetero) is 1. The summed E-state index contributed by atoms with van der Waals surface area (Å²) in [5, 5.41) is 42.3. The molecule has 0 fully saturated rings. The van der Waals surface area contributed by atoms with Gasteiger partial charge in [0.25, 0.3) is 0 Å². The predicted molar refractivity (Wildman–Crippen MR) is 109 cm³/mol. The van der Waals surface area contributed by atoms with Crippen molar-refractivity contribution in [2.24, 2.45) is 5.92 Å². The Morgan fingerprint density at radius 2 is 1.93 bits per heavy atom. The van der Waals surface area contributed by atoms with E-state index < -0.39 is 11.9 Å². The number of rotatable bonds is 12. The maximum Gasteiger partial charge on any atom is 0.202 e. The molecule has 166 valence electrons. The van der Waals surface area contributed by atoms with Crippen LogP contribution in [0.4, 0.5) is 0 Å². The van der Waals surface area contributed by atoms with E-state index in [1.165, 1.54) is 21.1 Å². The van der Waals surface area contributed by atoms with Gasteiger partial charge >= 0.3 is 0 Å². The van der Waals surface area contributed by atoms with E-state index in [9.17, 15) is 25.2 Å². The second-order valence-corrected chi connectivity index (χ2v) is 7.45. The molecule has 0 aliphatic heterocycles. The predicted octanol–water partition coefficient (Wildman–Crippen LogP) is 2.03. The van der Waals surface area contributed by atoms with Crippen molar-refractivity contribution in [1.29, 1.82) is 0 Å². The van der Waals surface area contributed by atoms with E-state index in [1.54, 1.807) is 13.1 Å². The zero-order chi connectivity index (χ0) is 22.0. The van der Waals surface area contributed by atoms with Crippen LogP contribution in [0.3, 0.4) is 0 Å². The molecule has 0 saturated heterocycles. The van der Waals surface area contributed by atoms with Crippen molar-refractivity contribution in [3.63, 3.8) is 0 Å². The van der Waals surface area contributed by atoms with Crippen LogP contribution in [0.2, 0.25) is 0 Å². The summed E-state index contributed by atoms with van der Waals surface area (Å²) >= 11 is 0. The van der Waals surface area contributed by atoms with E-state index in [0.29, 0.717) is 32.1 Å². The standard InChI is InChI=1S/C21H35NO7/c1-21(26,27)12-6-8-15(22-2)7-5-9-16(23)11-10-14-13-17(24)19(28-3)20(29-4)18(14)25/h7,11,14,18,22-23,25-27H,5-6,8-10,12-13H2,1-4H3/b15-7-,16-11-. The largest absolute Gasteiger partial charge is 0.513 e. The lowest BCUT2D eigenvalue weighted by Crippen LogP contribution is -2.33. The third kappa shape index (κ3) is 8.47. The minimum atomic E-state index is -1.66. The highest BCUT2D eigenvalue weighted by molar-refractivity contribution is 5.95. The number of allylic oxidation sites excluding steroid dienone is 5. The van der Waals surface area contributed by atoms with Gasteiger partial charge in [0.05, 0.1) is 20.0 Å². The summed E-state index contributed by atoms with van der Waals surface area (Å²) in [5.74, 6) is -1.89. The minimum Gasteiger partial charge on any atom is -0.513 e. The number of ketones is 1. The van der Waals surface area contributed by atoms with Crippen molar-refractivity contribution >= 4 is 5.78 Å². The number of aliphatic hydroxyl groups excluding tert-OH is 2. The summed E-state index contributed by atoms with van der Waals surface area (Å²) in [6.45, 7) is 1.36. The van der Waals surface area contributed by atoms with Crippen LogP contribution in [0, 0.1) is 5.92 Å². The van der Waals surface area contributed by atoms with Crippen LogP contribution in [0.1, 0.15) is 51.9 Å². The molecule has 0 aromatic carbocycles. The molecule has 1 rings (SSSR count). The molecule has 8 heteroatoms. The Morgan fingerprint density at radius 1 is 1.24 bits per heavy atom.